The van der Waals surface area contributed by atoms with Gasteiger partial charge in [0.05, 0.1) is 16.4 Å². The van der Waals surface area contributed by atoms with Crippen molar-refractivity contribution in [2.45, 2.75) is 6.92 Å². The van der Waals surface area contributed by atoms with Crippen molar-refractivity contribution in [3.8, 4) is 0 Å². The van der Waals surface area contributed by atoms with Crippen molar-refractivity contribution in [3.63, 3.8) is 0 Å². The highest BCUT2D eigenvalue weighted by atomic mass is 35.5. The Balaban J connectivity index is 1.88. The first-order chi connectivity index (χ1) is 11.1. The summed E-state index contributed by atoms with van der Waals surface area (Å²) < 4.78 is 13.7. The zero-order valence-electron chi connectivity index (χ0n) is 12.3. The lowest BCUT2D eigenvalue weighted by Gasteiger charge is -2.11. The van der Waals surface area contributed by atoms with Crippen LogP contribution in [-0.4, -0.2) is 9.97 Å². The van der Waals surface area contributed by atoms with Gasteiger partial charge < -0.3 is 10.6 Å². The molecular formula is C17H14ClFN4. The maximum Gasteiger partial charge on any atom is 0.229 e. The van der Waals surface area contributed by atoms with Crippen molar-refractivity contribution in [1.82, 2.24) is 9.97 Å². The van der Waals surface area contributed by atoms with Crippen molar-refractivity contribution in [3.05, 3.63) is 71.1 Å². The number of benzene rings is 2. The van der Waals surface area contributed by atoms with Crippen LogP contribution < -0.4 is 10.6 Å². The summed E-state index contributed by atoms with van der Waals surface area (Å²) >= 11 is 6.13. The monoisotopic (exact) mass is 328 g/mol. The van der Waals surface area contributed by atoms with E-state index in [9.17, 15) is 4.39 Å². The Bertz CT molecular complexity index is 773. The molecule has 0 aliphatic heterocycles. The van der Waals surface area contributed by atoms with E-state index in [0.29, 0.717) is 22.5 Å². The van der Waals surface area contributed by atoms with Crippen molar-refractivity contribution in [1.29, 1.82) is 0 Å². The lowest BCUT2D eigenvalue weighted by atomic mass is 10.3. The number of halogens is 2. The van der Waals surface area contributed by atoms with Gasteiger partial charge in [-0.2, -0.15) is 4.98 Å². The fraction of sp³-hybridized carbons (Fsp3) is 0.0588. The zero-order valence-corrected chi connectivity index (χ0v) is 13.1. The van der Waals surface area contributed by atoms with Crippen molar-refractivity contribution >= 4 is 34.7 Å². The van der Waals surface area contributed by atoms with Crippen molar-refractivity contribution < 1.29 is 4.39 Å². The minimum atomic E-state index is -0.363. The van der Waals surface area contributed by atoms with Gasteiger partial charge in [-0.15, -0.1) is 0 Å². The average Bonchev–Trinajstić information content (AvgIpc) is 2.51. The number of rotatable bonds is 4. The second-order valence-electron chi connectivity index (χ2n) is 4.93. The van der Waals surface area contributed by atoms with Crippen LogP contribution in [0.25, 0.3) is 0 Å². The third kappa shape index (κ3) is 3.76. The smallest absolute Gasteiger partial charge is 0.229 e. The standard InChI is InChI=1S/C17H14ClFN4/c1-11-10-16(21-14-8-4-2-6-12(14)18)23-17(20-11)22-15-9-5-3-7-13(15)19/h2-10H,1H3,(H2,20,21,22,23). The zero-order chi connectivity index (χ0) is 16.2. The number of aryl methyl sites for hydroxylation is 1. The van der Waals surface area contributed by atoms with E-state index in [0.717, 1.165) is 11.4 Å². The minimum Gasteiger partial charge on any atom is -0.339 e. The fourth-order valence-electron chi connectivity index (χ4n) is 2.07. The molecule has 3 aromatic rings. The number of hydrogen-bond donors (Lipinski definition) is 2. The molecule has 0 aliphatic rings. The molecule has 1 heterocycles. The van der Waals surface area contributed by atoms with Gasteiger partial charge >= 0.3 is 0 Å². The van der Waals surface area contributed by atoms with E-state index in [1.165, 1.54) is 6.07 Å². The molecule has 0 fully saturated rings. The van der Waals surface area contributed by atoms with Crippen LogP contribution >= 0.6 is 11.6 Å². The van der Waals surface area contributed by atoms with E-state index in [4.69, 9.17) is 11.6 Å². The van der Waals surface area contributed by atoms with E-state index in [-0.39, 0.29) is 5.82 Å². The molecule has 0 spiro atoms. The minimum absolute atomic E-state index is 0.310. The largest absolute Gasteiger partial charge is 0.339 e. The Kier molecular flexibility index (Phi) is 4.39. The van der Waals surface area contributed by atoms with E-state index in [1.807, 2.05) is 25.1 Å². The normalized spacial score (nSPS) is 10.4. The van der Waals surface area contributed by atoms with Gasteiger partial charge in [0, 0.05) is 11.8 Å². The van der Waals surface area contributed by atoms with Gasteiger partial charge in [0.25, 0.3) is 0 Å². The van der Waals surface area contributed by atoms with Crippen LogP contribution in [0.4, 0.5) is 27.5 Å². The molecule has 0 saturated heterocycles. The summed E-state index contributed by atoms with van der Waals surface area (Å²) in [6.45, 7) is 1.84. The molecule has 4 nitrogen and oxygen atoms in total. The summed E-state index contributed by atoms with van der Waals surface area (Å²) in [4.78, 5) is 8.62. The second-order valence-corrected chi connectivity index (χ2v) is 5.34. The van der Waals surface area contributed by atoms with Crippen LogP contribution in [0.15, 0.2) is 54.6 Å². The SMILES string of the molecule is Cc1cc(Nc2ccccc2Cl)nc(Nc2ccccc2F)n1. The third-order valence-corrected chi connectivity index (χ3v) is 3.44. The summed E-state index contributed by atoms with van der Waals surface area (Å²) in [7, 11) is 0. The molecule has 116 valence electrons. The number of hydrogen-bond acceptors (Lipinski definition) is 4. The van der Waals surface area contributed by atoms with Crippen LogP contribution in [0.2, 0.25) is 5.02 Å². The van der Waals surface area contributed by atoms with E-state index >= 15 is 0 Å². The van der Waals surface area contributed by atoms with Crippen LogP contribution in [0.3, 0.4) is 0 Å². The average molecular weight is 329 g/mol. The second kappa shape index (κ2) is 6.62. The van der Waals surface area contributed by atoms with E-state index in [2.05, 4.69) is 20.6 Å². The molecule has 2 aromatic carbocycles. The molecule has 0 amide bonds. The maximum absolute atomic E-state index is 13.7. The Morgan fingerprint density at radius 2 is 1.61 bits per heavy atom. The Hall–Kier alpha value is -2.66. The molecule has 0 unspecified atom stereocenters. The number of aromatic nitrogens is 2. The molecule has 1 aromatic heterocycles. The molecule has 0 atom stereocenters. The van der Waals surface area contributed by atoms with Crippen LogP contribution in [0.1, 0.15) is 5.69 Å². The molecule has 0 aliphatic carbocycles. The lowest BCUT2D eigenvalue weighted by molar-refractivity contribution is 0.631. The first-order valence-electron chi connectivity index (χ1n) is 7.00. The summed E-state index contributed by atoms with van der Waals surface area (Å²) in [6.07, 6.45) is 0. The third-order valence-electron chi connectivity index (χ3n) is 3.11. The molecule has 2 N–H and O–H groups in total. The van der Waals surface area contributed by atoms with Crippen molar-refractivity contribution in [2.75, 3.05) is 10.6 Å². The Morgan fingerprint density at radius 1 is 0.913 bits per heavy atom. The maximum atomic E-state index is 13.7. The van der Waals surface area contributed by atoms with E-state index < -0.39 is 0 Å². The summed E-state index contributed by atoms with van der Waals surface area (Å²) in [5, 5.41) is 6.61. The van der Waals surface area contributed by atoms with Gasteiger partial charge in [0.2, 0.25) is 5.95 Å². The van der Waals surface area contributed by atoms with Crippen molar-refractivity contribution in [2.24, 2.45) is 0 Å². The lowest BCUT2D eigenvalue weighted by Crippen LogP contribution is -2.03. The first kappa shape index (κ1) is 15.2. The molecule has 23 heavy (non-hydrogen) atoms. The number of para-hydroxylation sites is 2. The highest BCUT2D eigenvalue weighted by Crippen LogP contribution is 2.25. The molecule has 6 heteroatoms. The summed E-state index contributed by atoms with van der Waals surface area (Å²) in [5.74, 6) is 0.521. The van der Waals surface area contributed by atoms with Gasteiger partial charge in [-0.25, -0.2) is 9.37 Å². The number of nitrogens with zero attached hydrogens (tertiary/aromatic N) is 2. The van der Waals surface area contributed by atoms with E-state index in [1.54, 1.807) is 30.3 Å². The van der Waals surface area contributed by atoms with Gasteiger partial charge in [-0.1, -0.05) is 35.9 Å². The molecule has 0 bridgehead atoms. The van der Waals surface area contributed by atoms with Gasteiger partial charge in [-0.3, -0.25) is 0 Å². The topological polar surface area (TPSA) is 49.8 Å². The highest BCUT2D eigenvalue weighted by molar-refractivity contribution is 6.33. The molecule has 3 rings (SSSR count). The number of nitrogens with one attached hydrogen (secondary N) is 2. The predicted molar refractivity (Wildman–Crippen MR) is 91.2 cm³/mol. The van der Waals surface area contributed by atoms with Gasteiger partial charge in [0.1, 0.15) is 11.6 Å². The van der Waals surface area contributed by atoms with Crippen LogP contribution in [0.5, 0.6) is 0 Å². The highest BCUT2D eigenvalue weighted by Gasteiger charge is 2.07. The number of anilines is 4. The summed E-state index contributed by atoms with van der Waals surface area (Å²) in [5.41, 5.74) is 1.80. The van der Waals surface area contributed by atoms with Crippen LogP contribution in [-0.2, 0) is 0 Å². The Morgan fingerprint density at radius 3 is 2.35 bits per heavy atom. The summed E-state index contributed by atoms with van der Waals surface area (Å²) in [6, 6.07) is 15.5. The molecular weight excluding hydrogens is 315 g/mol. The molecule has 0 radical (unpaired) electrons. The first-order valence-corrected chi connectivity index (χ1v) is 7.38. The predicted octanol–water partition coefficient (Wildman–Crippen LogP) is 5.06. The quantitative estimate of drug-likeness (QED) is 0.702. The molecule has 0 saturated carbocycles. The Labute approximate surface area is 138 Å². The van der Waals surface area contributed by atoms with Gasteiger partial charge in [0.15, 0.2) is 0 Å². The van der Waals surface area contributed by atoms with Crippen LogP contribution in [0, 0.1) is 12.7 Å². The fourth-order valence-corrected chi connectivity index (χ4v) is 2.26. The van der Waals surface area contributed by atoms with Gasteiger partial charge in [-0.05, 0) is 31.2 Å².